The molecule has 1 N–H and O–H groups in total. The molecule has 0 spiro atoms. The highest BCUT2D eigenvalue weighted by Crippen LogP contribution is 2.30. The summed E-state index contributed by atoms with van der Waals surface area (Å²) in [6.07, 6.45) is 4.96. The largest absolute Gasteiger partial charge is 0.492 e. The Hall–Kier alpha value is -2.40. The van der Waals surface area contributed by atoms with Gasteiger partial charge in [0.1, 0.15) is 5.75 Å². The molecule has 124 valence electrons. The lowest BCUT2D eigenvalue weighted by molar-refractivity contribution is 0.102. The standard InChI is InChI=1S/C19H20N2O3/c22-19(16-3-1-2-4-18(16)24-11-13-5-6-13)21-15-9-14-12-23-8-7-17(14)20-10-15/h1-4,9-10,13H,5-8,11-12H2,(H,21,22). The van der Waals surface area contributed by atoms with Gasteiger partial charge in [0, 0.05) is 17.7 Å². The SMILES string of the molecule is O=C(Nc1cnc2c(c1)COCC2)c1ccccc1OCC1CC1. The van der Waals surface area contributed by atoms with Gasteiger partial charge in [-0.25, -0.2) is 0 Å². The van der Waals surface area contributed by atoms with E-state index in [1.165, 1.54) is 12.8 Å². The van der Waals surface area contributed by atoms with Crippen molar-refractivity contribution in [2.24, 2.45) is 5.92 Å². The smallest absolute Gasteiger partial charge is 0.259 e. The second-order valence-electron chi connectivity index (χ2n) is 6.34. The number of ether oxygens (including phenoxy) is 2. The van der Waals surface area contributed by atoms with E-state index in [1.54, 1.807) is 12.3 Å². The molecule has 5 heteroatoms. The maximum Gasteiger partial charge on any atom is 0.259 e. The van der Waals surface area contributed by atoms with Gasteiger partial charge in [-0.05, 0) is 37.0 Å². The number of amides is 1. The number of carbonyl (C=O) groups is 1. The first-order valence-electron chi connectivity index (χ1n) is 8.38. The van der Waals surface area contributed by atoms with Gasteiger partial charge in [-0.2, -0.15) is 0 Å². The first-order chi connectivity index (χ1) is 11.8. The Kier molecular flexibility index (Phi) is 4.17. The van der Waals surface area contributed by atoms with E-state index in [0.717, 1.165) is 17.7 Å². The number of nitrogens with one attached hydrogen (secondary N) is 1. The third-order valence-corrected chi connectivity index (χ3v) is 4.36. The molecule has 0 bridgehead atoms. The van der Waals surface area contributed by atoms with Crippen LogP contribution < -0.4 is 10.1 Å². The minimum absolute atomic E-state index is 0.181. The molecule has 0 saturated heterocycles. The number of nitrogens with zero attached hydrogens (tertiary/aromatic N) is 1. The Balaban J connectivity index is 1.49. The molecule has 2 aromatic rings. The van der Waals surface area contributed by atoms with Gasteiger partial charge in [-0.3, -0.25) is 9.78 Å². The van der Waals surface area contributed by atoms with E-state index in [-0.39, 0.29) is 5.91 Å². The summed E-state index contributed by atoms with van der Waals surface area (Å²) in [7, 11) is 0. The van der Waals surface area contributed by atoms with Crippen LogP contribution in [-0.4, -0.2) is 24.1 Å². The van der Waals surface area contributed by atoms with Crippen molar-refractivity contribution < 1.29 is 14.3 Å². The average molecular weight is 324 g/mol. The van der Waals surface area contributed by atoms with Gasteiger partial charge in [-0.1, -0.05) is 12.1 Å². The topological polar surface area (TPSA) is 60.5 Å². The molecule has 1 aliphatic carbocycles. The van der Waals surface area contributed by atoms with Crippen molar-refractivity contribution >= 4 is 11.6 Å². The summed E-state index contributed by atoms with van der Waals surface area (Å²) in [5.41, 5.74) is 3.32. The number of hydrogen-bond acceptors (Lipinski definition) is 4. The van der Waals surface area contributed by atoms with Gasteiger partial charge in [0.2, 0.25) is 0 Å². The van der Waals surface area contributed by atoms with Crippen molar-refractivity contribution in [1.82, 2.24) is 4.98 Å². The molecule has 1 saturated carbocycles. The van der Waals surface area contributed by atoms with Crippen LogP contribution in [0, 0.1) is 5.92 Å². The molecule has 5 nitrogen and oxygen atoms in total. The van der Waals surface area contributed by atoms with E-state index >= 15 is 0 Å². The minimum atomic E-state index is -0.181. The van der Waals surface area contributed by atoms with E-state index < -0.39 is 0 Å². The molecule has 1 aromatic heterocycles. The Labute approximate surface area is 141 Å². The zero-order chi connectivity index (χ0) is 16.4. The molecule has 1 fully saturated rings. The van der Waals surface area contributed by atoms with Crippen LogP contribution in [0.15, 0.2) is 36.5 Å². The zero-order valence-corrected chi connectivity index (χ0v) is 13.5. The average Bonchev–Trinajstić information content (AvgIpc) is 3.44. The van der Waals surface area contributed by atoms with Crippen molar-refractivity contribution in [3.8, 4) is 5.75 Å². The molecule has 2 heterocycles. The summed E-state index contributed by atoms with van der Waals surface area (Å²) in [5, 5.41) is 2.92. The highest BCUT2D eigenvalue weighted by Gasteiger charge is 2.23. The van der Waals surface area contributed by atoms with Crippen LogP contribution in [0.2, 0.25) is 0 Å². The Morgan fingerprint density at radius 3 is 3.08 bits per heavy atom. The highest BCUT2D eigenvalue weighted by molar-refractivity contribution is 6.06. The number of rotatable bonds is 5. The number of anilines is 1. The molecule has 1 aliphatic heterocycles. The van der Waals surface area contributed by atoms with Crippen LogP contribution >= 0.6 is 0 Å². The fraction of sp³-hybridized carbons (Fsp3) is 0.368. The van der Waals surface area contributed by atoms with E-state index in [2.05, 4.69) is 10.3 Å². The van der Waals surface area contributed by atoms with Crippen LogP contribution in [0.5, 0.6) is 5.75 Å². The predicted octanol–water partition coefficient (Wildman–Crippen LogP) is 3.20. The van der Waals surface area contributed by atoms with Crippen LogP contribution in [0.3, 0.4) is 0 Å². The second kappa shape index (κ2) is 6.61. The molecule has 0 unspecified atom stereocenters. The monoisotopic (exact) mass is 324 g/mol. The van der Waals surface area contributed by atoms with Gasteiger partial charge < -0.3 is 14.8 Å². The number of para-hydroxylation sites is 1. The minimum Gasteiger partial charge on any atom is -0.492 e. The predicted molar refractivity (Wildman–Crippen MR) is 90.2 cm³/mol. The van der Waals surface area contributed by atoms with E-state index in [1.807, 2.05) is 24.3 Å². The highest BCUT2D eigenvalue weighted by atomic mass is 16.5. The van der Waals surface area contributed by atoms with Crippen LogP contribution in [0.4, 0.5) is 5.69 Å². The van der Waals surface area contributed by atoms with Crippen LogP contribution in [-0.2, 0) is 17.8 Å². The summed E-state index contributed by atoms with van der Waals surface area (Å²) in [6.45, 7) is 1.94. The summed E-state index contributed by atoms with van der Waals surface area (Å²) in [6, 6.07) is 9.30. The first kappa shape index (κ1) is 15.1. The molecule has 4 rings (SSSR count). The molecule has 24 heavy (non-hydrogen) atoms. The summed E-state index contributed by atoms with van der Waals surface area (Å²) in [5.74, 6) is 1.10. The third-order valence-electron chi connectivity index (χ3n) is 4.36. The molecule has 0 atom stereocenters. The van der Waals surface area contributed by atoms with Crippen molar-refractivity contribution in [2.45, 2.75) is 25.9 Å². The number of fused-ring (bicyclic) bond motifs is 1. The number of hydrogen-bond donors (Lipinski definition) is 1. The molecule has 0 radical (unpaired) electrons. The number of pyridine rings is 1. The third kappa shape index (κ3) is 3.41. The number of aromatic nitrogens is 1. The molecule has 1 amide bonds. The van der Waals surface area contributed by atoms with Crippen molar-refractivity contribution in [3.05, 3.63) is 53.3 Å². The Morgan fingerprint density at radius 2 is 2.21 bits per heavy atom. The quantitative estimate of drug-likeness (QED) is 0.917. The summed E-state index contributed by atoms with van der Waals surface area (Å²) >= 11 is 0. The van der Waals surface area contributed by atoms with Gasteiger partial charge >= 0.3 is 0 Å². The van der Waals surface area contributed by atoms with Crippen LogP contribution in [0.25, 0.3) is 0 Å². The normalized spacial score (nSPS) is 16.3. The lowest BCUT2D eigenvalue weighted by Gasteiger charge is -2.17. The van der Waals surface area contributed by atoms with Gasteiger partial charge in [-0.15, -0.1) is 0 Å². The lowest BCUT2D eigenvalue weighted by atomic mass is 10.1. The number of carbonyl (C=O) groups excluding carboxylic acids is 1. The van der Waals surface area contributed by atoms with E-state index in [4.69, 9.17) is 9.47 Å². The summed E-state index contributed by atoms with van der Waals surface area (Å²) < 4.78 is 11.3. The van der Waals surface area contributed by atoms with E-state index in [0.29, 0.717) is 42.7 Å². The summed E-state index contributed by atoms with van der Waals surface area (Å²) in [4.78, 5) is 17.0. The number of benzene rings is 1. The Bertz CT molecular complexity index is 756. The van der Waals surface area contributed by atoms with Gasteiger partial charge in [0.15, 0.2) is 0 Å². The van der Waals surface area contributed by atoms with Gasteiger partial charge in [0.05, 0.1) is 37.3 Å². The fourth-order valence-electron chi connectivity index (χ4n) is 2.78. The zero-order valence-electron chi connectivity index (χ0n) is 13.5. The van der Waals surface area contributed by atoms with E-state index in [9.17, 15) is 4.79 Å². The Morgan fingerprint density at radius 1 is 1.33 bits per heavy atom. The maximum atomic E-state index is 12.6. The maximum absolute atomic E-state index is 12.6. The van der Waals surface area contributed by atoms with Gasteiger partial charge in [0.25, 0.3) is 5.91 Å². The second-order valence-corrected chi connectivity index (χ2v) is 6.34. The van der Waals surface area contributed by atoms with Crippen molar-refractivity contribution in [2.75, 3.05) is 18.5 Å². The first-order valence-corrected chi connectivity index (χ1v) is 8.38. The molecular formula is C19H20N2O3. The fourth-order valence-corrected chi connectivity index (χ4v) is 2.78. The van der Waals surface area contributed by atoms with Crippen molar-refractivity contribution in [1.29, 1.82) is 0 Å². The molecule has 1 aromatic carbocycles. The molecular weight excluding hydrogens is 304 g/mol. The van der Waals surface area contributed by atoms with Crippen molar-refractivity contribution in [3.63, 3.8) is 0 Å². The lowest BCUT2D eigenvalue weighted by Crippen LogP contribution is -2.16. The van der Waals surface area contributed by atoms with Crippen LogP contribution in [0.1, 0.15) is 34.5 Å². The molecule has 2 aliphatic rings.